The predicted molar refractivity (Wildman–Crippen MR) is 113 cm³/mol. The summed E-state index contributed by atoms with van der Waals surface area (Å²) in [6.07, 6.45) is 3.39. The first kappa shape index (κ1) is 20.5. The molecule has 0 aliphatic rings. The number of urea groups is 1. The second kappa shape index (κ2) is 9.33. The normalized spacial score (nSPS) is 10.6. The van der Waals surface area contributed by atoms with Crippen LogP contribution in [0.2, 0.25) is 0 Å². The van der Waals surface area contributed by atoms with Crippen LogP contribution in [-0.2, 0) is 11.3 Å². The Labute approximate surface area is 173 Å². The minimum Gasteiger partial charge on any atom is -0.307 e. The Balaban J connectivity index is 1.58. The van der Waals surface area contributed by atoms with Crippen LogP contribution in [0, 0.1) is 13.8 Å². The minimum atomic E-state index is -0.558. The van der Waals surface area contributed by atoms with Gasteiger partial charge in [-0.3, -0.25) is 15.1 Å². The molecule has 2 heterocycles. The largest absolute Gasteiger partial charge is 0.325 e. The van der Waals surface area contributed by atoms with Gasteiger partial charge in [0.05, 0.1) is 5.75 Å². The number of pyridine rings is 1. The number of hydrogen-bond donors (Lipinski definition) is 2. The Morgan fingerprint density at radius 1 is 1.10 bits per heavy atom. The molecule has 0 radical (unpaired) electrons. The van der Waals surface area contributed by atoms with Crippen LogP contribution in [0.25, 0.3) is 11.4 Å². The van der Waals surface area contributed by atoms with Crippen LogP contribution in [0.5, 0.6) is 0 Å². The Morgan fingerprint density at radius 2 is 1.86 bits per heavy atom. The fraction of sp³-hybridized carbons (Fsp3) is 0.250. The number of hydrogen-bond acceptors (Lipinski definition) is 6. The van der Waals surface area contributed by atoms with Gasteiger partial charge in [-0.1, -0.05) is 29.5 Å². The SMILES string of the molecule is CCn1c(SCC(=O)NC(=O)Nc2ccc(C)cc2C)nnc1-c1ccncc1. The first-order chi connectivity index (χ1) is 14.0. The topological polar surface area (TPSA) is 102 Å². The number of aryl methyl sites for hydroxylation is 2. The third-order valence-electron chi connectivity index (χ3n) is 4.19. The zero-order valence-corrected chi connectivity index (χ0v) is 17.3. The molecule has 0 aliphatic heterocycles. The maximum absolute atomic E-state index is 12.2. The van der Waals surface area contributed by atoms with Gasteiger partial charge in [-0.25, -0.2) is 4.79 Å². The number of aromatic nitrogens is 4. The highest BCUT2D eigenvalue weighted by atomic mass is 32.2. The minimum absolute atomic E-state index is 0.0504. The molecule has 9 heteroatoms. The zero-order valence-electron chi connectivity index (χ0n) is 16.5. The number of benzene rings is 1. The average Bonchev–Trinajstić information content (AvgIpc) is 3.12. The van der Waals surface area contributed by atoms with Crippen LogP contribution in [0.15, 0.2) is 47.9 Å². The molecule has 8 nitrogen and oxygen atoms in total. The molecule has 3 amide bonds. The fourth-order valence-corrected chi connectivity index (χ4v) is 3.60. The van der Waals surface area contributed by atoms with Crippen molar-refractivity contribution in [2.75, 3.05) is 11.1 Å². The Hall–Kier alpha value is -3.20. The van der Waals surface area contributed by atoms with Gasteiger partial charge in [-0.05, 0) is 44.5 Å². The molecular weight excluding hydrogens is 388 g/mol. The molecule has 3 aromatic rings. The third-order valence-corrected chi connectivity index (χ3v) is 5.15. The standard InChI is InChI=1S/C20H22N6O2S/c1-4-26-18(15-7-9-21-10-8-15)24-25-20(26)29-12-17(27)23-19(28)22-16-6-5-13(2)11-14(16)3/h5-11H,4,12H2,1-3H3,(H2,22,23,27,28). The number of carbonyl (C=O) groups is 2. The molecule has 150 valence electrons. The monoisotopic (exact) mass is 410 g/mol. The Kier molecular flexibility index (Phi) is 6.61. The molecule has 29 heavy (non-hydrogen) atoms. The average molecular weight is 411 g/mol. The van der Waals surface area contributed by atoms with Gasteiger partial charge in [0, 0.05) is 30.2 Å². The van der Waals surface area contributed by atoms with Gasteiger partial charge < -0.3 is 9.88 Å². The van der Waals surface area contributed by atoms with Crippen LogP contribution < -0.4 is 10.6 Å². The number of anilines is 1. The molecule has 0 bridgehead atoms. The van der Waals surface area contributed by atoms with Crippen LogP contribution in [0.1, 0.15) is 18.1 Å². The lowest BCUT2D eigenvalue weighted by Crippen LogP contribution is -2.35. The summed E-state index contributed by atoms with van der Waals surface area (Å²) in [5.41, 5.74) is 3.61. The van der Waals surface area contributed by atoms with Crippen LogP contribution in [-0.4, -0.2) is 37.4 Å². The lowest BCUT2D eigenvalue weighted by Gasteiger charge is -2.10. The van der Waals surface area contributed by atoms with Gasteiger partial charge in [0.25, 0.3) is 0 Å². The summed E-state index contributed by atoms with van der Waals surface area (Å²) in [7, 11) is 0. The van der Waals surface area contributed by atoms with Crippen LogP contribution in [0.4, 0.5) is 10.5 Å². The molecule has 1 aromatic carbocycles. The second-order valence-corrected chi connectivity index (χ2v) is 7.34. The van der Waals surface area contributed by atoms with Crippen molar-refractivity contribution >= 4 is 29.4 Å². The van der Waals surface area contributed by atoms with E-state index in [2.05, 4.69) is 25.8 Å². The molecule has 0 spiro atoms. The highest BCUT2D eigenvalue weighted by Crippen LogP contribution is 2.23. The molecule has 0 saturated carbocycles. The number of imide groups is 1. The van der Waals surface area contributed by atoms with Gasteiger partial charge in [0.2, 0.25) is 5.91 Å². The summed E-state index contributed by atoms with van der Waals surface area (Å²) in [4.78, 5) is 28.3. The van der Waals surface area contributed by atoms with Crippen molar-refractivity contribution in [3.8, 4) is 11.4 Å². The van der Waals surface area contributed by atoms with E-state index in [-0.39, 0.29) is 5.75 Å². The summed E-state index contributed by atoms with van der Waals surface area (Å²) in [6, 6.07) is 8.83. The highest BCUT2D eigenvalue weighted by Gasteiger charge is 2.15. The van der Waals surface area contributed by atoms with E-state index in [0.29, 0.717) is 23.2 Å². The van der Waals surface area contributed by atoms with Gasteiger partial charge in [0.1, 0.15) is 0 Å². The van der Waals surface area contributed by atoms with E-state index in [4.69, 9.17) is 0 Å². The van der Waals surface area contributed by atoms with E-state index in [9.17, 15) is 9.59 Å². The summed E-state index contributed by atoms with van der Waals surface area (Å²) in [5, 5.41) is 14.1. The molecule has 2 N–H and O–H groups in total. The van der Waals surface area contributed by atoms with E-state index in [0.717, 1.165) is 16.7 Å². The van der Waals surface area contributed by atoms with Crippen LogP contribution in [0.3, 0.4) is 0 Å². The maximum atomic E-state index is 12.2. The molecule has 3 rings (SSSR count). The molecular formula is C20H22N6O2S. The van der Waals surface area contributed by atoms with E-state index >= 15 is 0 Å². The Bertz CT molecular complexity index is 1020. The van der Waals surface area contributed by atoms with Gasteiger partial charge in [0.15, 0.2) is 11.0 Å². The third kappa shape index (κ3) is 5.20. The quantitative estimate of drug-likeness (QED) is 0.604. The molecule has 0 atom stereocenters. The van der Waals surface area contributed by atoms with Crippen molar-refractivity contribution in [3.05, 3.63) is 53.9 Å². The lowest BCUT2D eigenvalue weighted by molar-refractivity contribution is -0.117. The van der Waals surface area contributed by atoms with Crippen molar-refractivity contribution < 1.29 is 9.59 Å². The smallest absolute Gasteiger partial charge is 0.307 e. The van der Waals surface area contributed by atoms with Gasteiger partial charge >= 0.3 is 6.03 Å². The van der Waals surface area contributed by atoms with Crippen molar-refractivity contribution in [1.82, 2.24) is 25.1 Å². The zero-order chi connectivity index (χ0) is 20.8. The predicted octanol–water partition coefficient (Wildman–Crippen LogP) is 3.42. The summed E-state index contributed by atoms with van der Waals surface area (Å²) in [6.45, 7) is 6.52. The van der Waals surface area contributed by atoms with E-state index < -0.39 is 11.9 Å². The molecule has 0 saturated heterocycles. The van der Waals surface area contributed by atoms with Gasteiger partial charge in [-0.15, -0.1) is 10.2 Å². The molecule has 0 fully saturated rings. The first-order valence-corrected chi connectivity index (χ1v) is 10.1. The molecule has 0 unspecified atom stereocenters. The number of carbonyl (C=O) groups excluding carboxylic acids is 2. The molecule has 0 aliphatic carbocycles. The summed E-state index contributed by atoms with van der Waals surface area (Å²) in [5.74, 6) is 0.355. The van der Waals surface area contributed by atoms with E-state index in [1.165, 1.54) is 11.8 Å². The second-order valence-electron chi connectivity index (χ2n) is 6.40. The summed E-state index contributed by atoms with van der Waals surface area (Å²) >= 11 is 1.23. The maximum Gasteiger partial charge on any atom is 0.325 e. The number of nitrogens with one attached hydrogen (secondary N) is 2. The highest BCUT2D eigenvalue weighted by molar-refractivity contribution is 7.99. The van der Waals surface area contributed by atoms with Gasteiger partial charge in [-0.2, -0.15) is 0 Å². The Morgan fingerprint density at radius 3 is 2.55 bits per heavy atom. The van der Waals surface area contributed by atoms with Crippen LogP contribution >= 0.6 is 11.8 Å². The number of thioether (sulfide) groups is 1. The number of amides is 3. The number of nitrogens with zero attached hydrogens (tertiary/aromatic N) is 4. The van der Waals surface area contributed by atoms with E-state index in [1.54, 1.807) is 12.4 Å². The number of rotatable bonds is 6. The lowest BCUT2D eigenvalue weighted by atomic mass is 10.1. The summed E-state index contributed by atoms with van der Waals surface area (Å²) < 4.78 is 1.92. The van der Waals surface area contributed by atoms with E-state index in [1.807, 2.05) is 55.7 Å². The van der Waals surface area contributed by atoms with Crippen molar-refractivity contribution in [2.24, 2.45) is 0 Å². The first-order valence-electron chi connectivity index (χ1n) is 9.12. The molecule has 2 aromatic heterocycles. The van der Waals surface area contributed by atoms with Crippen molar-refractivity contribution in [1.29, 1.82) is 0 Å². The fourth-order valence-electron chi connectivity index (χ4n) is 2.80. The van der Waals surface area contributed by atoms with Crippen molar-refractivity contribution in [2.45, 2.75) is 32.5 Å². The van der Waals surface area contributed by atoms with Crippen molar-refractivity contribution in [3.63, 3.8) is 0 Å².